The highest BCUT2D eigenvalue weighted by Gasteiger charge is 2.35. The van der Waals surface area contributed by atoms with Crippen molar-refractivity contribution in [2.45, 2.75) is 18.7 Å². The molecule has 2 N–H and O–H groups in total. The van der Waals surface area contributed by atoms with Crippen LogP contribution in [0.3, 0.4) is 0 Å². The molecule has 0 spiro atoms. The molecule has 1 saturated heterocycles. The number of hydrogen-bond acceptors (Lipinski definition) is 8. The summed E-state index contributed by atoms with van der Waals surface area (Å²) >= 11 is 0.673. The van der Waals surface area contributed by atoms with E-state index in [0.29, 0.717) is 17.3 Å². The number of benzene rings is 2. The summed E-state index contributed by atoms with van der Waals surface area (Å²) in [6, 6.07) is 10.6. The molecule has 11 heteroatoms. The van der Waals surface area contributed by atoms with Crippen molar-refractivity contribution in [3.63, 3.8) is 0 Å². The van der Waals surface area contributed by atoms with Gasteiger partial charge in [-0.3, -0.25) is 19.3 Å². The molecule has 0 aromatic heterocycles. The van der Waals surface area contributed by atoms with Gasteiger partial charge in [-0.25, -0.2) is 0 Å². The Hall–Kier alpha value is -3.31. The fourth-order valence-electron chi connectivity index (χ4n) is 2.77. The van der Waals surface area contributed by atoms with E-state index in [9.17, 15) is 22.8 Å². The Morgan fingerprint density at radius 2 is 1.81 bits per heavy atom. The molecule has 0 unspecified atom stereocenters. The fourth-order valence-corrected chi connectivity index (χ4v) is 4.54. The first-order chi connectivity index (χ1) is 15.1. The lowest BCUT2D eigenvalue weighted by Crippen LogP contribution is -2.36. The molecule has 32 heavy (non-hydrogen) atoms. The van der Waals surface area contributed by atoms with Crippen molar-refractivity contribution in [2.75, 3.05) is 13.2 Å². The number of carbonyl (C=O) groups excluding carboxylic acids is 3. The standard InChI is InChI=1S/C21H20N2O7S2/c1-3-29-17-10-14(11-18-20(25)23(12-19(22)24)21(26)31-18)6-9-16(17)30-32(27,28)15-7-4-13(2)5-8-15/h4-11H,3,12H2,1-2H3,(H2,22,24)/b18-11-. The van der Waals surface area contributed by atoms with E-state index in [1.165, 1.54) is 36.4 Å². The summed E-state index contributed by atoms with van der Waals surface area (Å²) < 4.78 is 36.0. The summed E-state index contributed by atoms with van der Waals surface area (Å²) in [5, 5.41) is -0.603. The molecule has 1 aliphatic rings. The molecule has 1 heterocycles. The number of nitrogens with two attached hydrogens (primary N) is 1. The fraction of sp³-hybridized carbons (Fsp3) is 0.190. The van der Waals surface area contributed by atoms with E-state index in [1.807, 2.05) is 6.92 Å². The van der Waals surface area contributed by atoms with Crippen LogP contribution in [0, 0.1) is 6.92 Å². The maximum Gasteiger partial charge on any atom is 0.339 e. The molecule has 0 atom stereocenters. The van der Waals surface area contributed by atoms with Crippen LogP contribution in [0.25, 0.3) is 6.08 Å². The minimum atomic E-state index is -4.09. The van der Waals surface area contributed by atoms with Gasteiger partial charge in [-0.15, -0.1) is 0 Å². The lowest BCUT2D eigenvalue weighted by molar-refractivity contribution is -0.127. The highest BCUT2D eigenvalue weighted by atomic mass is 32.2. The van der Waals surface area contributed by atoms with Crippen molar-refractivity contribution >= 4 is 45.0 Å². The van der Waals surface area contributed by atoms with Gasteiger partial charge in [0.05, 0.1) is 11.5 Å². The largest absolute Gasteiger partial charge is 0.490 e. The number of ether oxygens (including phenoxy) is 1. The Morgan fingerprint density at radius 1 is 1.12 bits per heavy atom. The third-order valence-electron chi connectivity index (χ3n) is 4.26. The van der Waals surface area contributed by atoms with Crippen LogP contribution in [-0.4, -0.2) is 43.5 Å². The lowest BCUT2D eigenvalue weighted by atomic mass is 10.2. The van der Waals surface area contributed by atoms with E-state index in [1.54, 1.807) is 19.1 Å². The van der Waals surface area contributed by atoms with Crippen molar-refractivity contribution in [1.29, 1.82) is 0 Å². The van der Waals surface area contributed by atoms with Crippen LogP contribution >= 0.6 is 11.8 Å². The van der Waals surface area contributed by atoms with Crippen LogP contribution in [0.5, 0.6) is 11.5 Å². The number of imide groups is 1. The smallest absolute Gasteiger partial charge is 0.339 e. The number of thioether (sulfide) groups is 1. The Kier molecular flexibility index (Phi) is 6.90. The maximum absolute atomic E-state index is 12.6. The minimum absolute atomic E-state index is 0.00208. The summed E-state index contributed by atoms with van der Waals surface area (Å²) in [6.45, 7) is 3.29. The van der Waals surface area contributed by atoms with Crippen LogP contribution in [0.15, 0.2) is 52.3 Å². The Balaban J connectivity index is 1.89. The van der Waals surface area contributed by atoms with Gasteiger partial charge in [0.15, 0.2) is 11.5 Å². The van der Waals surface area contributed by atoms with Gasteiger partial charge in [-0.2, -0.15) is 8.42 Å². The first-order valence-electron chi connectivity index (χ1n) is 9.42. The highest BCUT2D eigenvalue weighted by Crippen LogP contribution is 2.35. The van der Waals surface area contributed by atoms with E-state index in [-0.39, 0.29) is 27.9 Å². The van der Waals surface area contributed by atoms with E-state index in [2.05, 4.69) is 0 Å². The molecule has 2 aromatic rings. The second-order valence-corrected chi connectivity index (χ2v) is 9.26. The molecule has 0 radical (unpaired) electrons. The van der Waals surface area contributed by atoms with E-state index < -0.39 is 33.7 Å². The third kappa shape index (κ3) is 5.29. The van der Waals surface area contributed by atoms with Gasteiger partial charge in [0, 0.05) is 0 Å². The zero-order valence-corrected chi connectivity index (χ0v) is 18.9. The summed E-state index contributed by atoms with van der Waals surface area (Å²) in [6.07, 6.45) is 1.44. The van der Waals surface area contributed by atoms with Gasteiger partial charge in [-0.05, 0) is 61.5 Å². The molecule has 168 valence electrons. The van der Waals surface area contributed by atoms with Gasteiger partial charge in [0.2, 0.25) is 5.91 Å². The monoisotopic (exact) mass is 476 g/mol. The molecule has 0 saturated carbocycles. The first kappa shape index (κ1) is 23.4. The number of amides is 3. The summed E-state index contributed by atoms with van der Waals surface area (Å²) in [4.78, 5) is 36.3. The number of nitrogens with zero attached hydrogens (tertiary/aromatic N) is 1. The van der Waals surface area contributed by atoms with Gasteiger partial charge >= 0.3 is 10.1 Å². The predicted octanol–water partition coefficient (Wildman–Crippen LogP) is 2.68. The van der Waals surface area contributed by atoms with Crippen molar-refractivity contribution in [3.8, 4) is 11.5 Å². The SMILES string of the molecule is CCOc1cc(/C=C2\SC(=O)N(CC(N)=O)C2=O)ccc1OS(=O)(=O)c1ccc(C)cc1. The predicted molar refractivity (Wildman–Crippen MR) is 118 cm³/mol. The van der Waals surface area contributed by atoms with Crippen LogP contribution < -0.4 is 14.7 Å². The molecule has 9 nitrogen and oxygen atoms in total. The normalized spacial score (nSPS) is 15.3. The number of primary amides is 1. The maximum atomic E-state index is 12.6. The van der Waals surface area contributed by atoms with Gasteiger partial charge in [-0.1, -0.05) is 23.8 Å². The van der Waals surface area contributed by atoms with Crippen molar-refractivity contribution in [1.82, 2.24) is 4.90 Å². The lowest BCUT2D eigenvalue weighted by Gasteiger charge is -2.13. The first-order valence-corrected chi connectivity index (χ1v) is 11.6. The van der Waals surface area contributed by atoms with Crippen LogP contribution in [0.2, 0.25) is 0 Å². The zero-order valence-electron chi connectivity index (χ0n) is 17.2. The molecule has 3 rings (SSSR count). The second kappa shape index (κ2) is 9.45. The van der Waals surface area contributed by atoms with Crippen molar-refractivity contribution < 1.29 is 31.7 Å². The van der Waals surface area contributed by atoms with Gasteiger partial charge < -0.3 is 14.7 Å². The third-order valence-corrected chi connectivity index (χ3v) is 6.42. The Bertz CT molecular complexity index is 1210. The molecular formula is C21H20N2O7S2. The zero-order chi connectivity index (χ0) is 23.5. The molecule has 3 amide bonds. The average Bonchev–Trinajstić information content (AvgIpc) is 2.97. The molecule has 0 bridgehead atoms. The molecule has 0 aliphatic carbocycles. The van der Waals surface area contributed by atoms with E-state index in [4.69, 9.17) is 14.7 Å². The van der Waals surface area contributed by atoms with E-state index in [0.717, 1.165) is 10.5 Å². The average molecular weight is 477 g/mol. The summed E-state index contributed by atoms with van der Waals surface area (Å²) in [7, 11) is -4.09. The van der Waals surface area contributed by atoms with Crippen LogP contribution in [0.1, 0.15) is 18.1 Å². The van der Waals surface area contributed by atoms with Crippen molar-refractivity contribution in [2.24, 2.45) is 5.73 Å². The summed E-state index contributed by atoms with van der Waals surface area (Å²) in [5.41, 5.74) is 6.45. The number of carbonyl (C=O) groups is 3. The quantitative estimate of drug-likeness (QED) is 0.454. The molecule has 1 aliphatic heterocycles. The molecule has 2 aromatic carbocycles. The number of aryl methyl sites for hydroxylation is 1. The summed E-state index contributed by atoms with van der Waals surface area (Å²) in [5.74, 6) is -1.32. The van der Waals surface area contributed by atoms with E-state index >= 15 is 0 Å². The molecular weight excluding hydrogens is 456 g/mol. The number of rotatable bonds is 8. The Morgan fingerprint density at radius 3 is 2.44 bits per heavy atom. The second-order valence-electron chi connectivity index (χ2n) is 6.72. The highest BCUT2D eigenvalue weighted by molar-refractivity contribution is 8.18. The minimum Gasteiger partial charge on any atom is -0.490 e. The van der Waals surface area contributed by atoms with Gasteiger partial charge in [0.1, 0.15) is 11.4 Å². The van der Waals surface area contributed by atoms with Crippen LogP contribution in [0.4, 0.5) is 4.79 Å². The van der Waals surface area contributed by atoms with Gasteiger partial charge in [0.25, 0.3) is 11.1 Å². The van der Waals surface area contributed by atoms with Crippen molar-refractivity contribution in [3.05, 3.63) is 58.5 Å². The Labute approximate surface area is 189 Å². The number of hydrogen-bond donors (Lipinski definition) is 1. The van der Waals surface area contributed by atoms with Crippen LogP contribution in [-0.2, 0) is 19.7 Å². The topological polar surface area (TPSA) is 133 Å². The molecule has 1 fully saturated rings.